The maximum Gasteiger partial charge on any atom is 0.0481 e. The quantitative estimate of drug-likeness (QED) is 0.375. The maximum atomic E-state index is 4.58. The lowest BCUT2D eigenvalue weighted by atomic mass is 10.0. The van der Waals surface area contributed by atoms with E-state index in [2.05, 4.69) is 42.2 Å². The van der Waals surface area contributed by atoms with Crippen molar-refractivity contribution in [1.29, 1.82) is 0 Å². The van der Waals surface area contributed by atoms with Gasteiger partial charge in [-0.05, 0) is 24.3 Å². The fourth-order valence-electron chi connectivity index (χ4n) is 3.16. The van der Waals surface area contributed by atoms with Crippen LogP contribution in [0.5, 0.6) is 0 Å². The van der Waals surface area contributed by atoms with Crippen LogP contribution >= 0.6 is 17.0 Å². The molecule has 2 aromatic rings. The van der Waals surface area contributed by atoms with Crippen LogP contribution < -0.4 is 0 Å². The van der Waals surface area contributed by atoms with Gasteiger partial charge in [-0.1, -0.05) is 89.0 Å². The van der Waals surface area contributed by atoms with E-state index < -0.39 is 0 Å². The third kappa shape index (κ3) is 7.48. The third-order valence-corrected chi connectivity index (χ3v) is 4.52. The molecule has 0 saturated heterocycles. The number of benzene rings is 1. The van der Waals surface area contributed by atoms with E-state index in [1.54, 1.807) is 0 Å². The molecule has 1 aromatic carbocycles. The summed E-state index contributed by atoms with van der Waals surface area (Å²) in [6.07, 6.45) is 17.0. The van der Waals surface area contributed by atoms with Gasteiger partial charge in [-0.25, -0.2) is 0 Å². The second-order valence-electron chi connectivity index (χ2n) is 6.41. The molecule has 0 aliphatic carbocycles. The summed E-state index contributed by atoms with van der Waals surface area (Å²) in [6.45, 7) is 2.28. The number of nitrogens with zero attached hydrogens (tertiary/aromatic N) is 1. The van der Waals surface area contributed by atoms with Crippen LogP contribution in [0.3, 0.4) is 0 Å². The summed E-state index contributed by atoms with van der Waals surface area (Å²) < 4.78 is 0. The van der Waals surface area contributed by atoms with E-state index in [4.69, 9.17) is 0 Å². The maximum absolute atomic E-state index is 4.58. The van der Waals surface area contributed by atoms with Crippen molar-refractivity contribution in [2.75, 3.05) is 0 Å². The monoisotopic (exact) mass is 377 g/mol. The molecule has 0 N–H and O–H groups in total. The first-order valence-electron chi connectivity index (χ1n) is 9.24. The highest BCUT2D eigenvalue weighted by atomic mass is 79.9. The molecule has 0 saturated carbocycles. The Kier molecular flexibility index (Phi) is 11.0. The molecule has 1 aromatic heterocycles. The Bertz CT molecular complexity index is 533. The van der Waals surface area contributed by atoms with Gasteiger partial charge in [0.1, 0.15) is 0 Å². The molecule has 1 heterocycles. The van der Waals surface area contributed by atoms with Gasteiger partial charge in [-0.3, -0.25) is 4.98 Å². The Morgan fingerprint density at radius 1 is 0.739 bits per heavy atom. The summed E-state index contributed by atoms with van der Waals surface area (Å²) in [4.78, 5) is 4.58. The van der Waals surface area contributed by atoms with Crippen molar-refractivity contribution in [3.05, 3.63) is 42.2 Å². The predicted molar refractivity (Wildman–Crippen MR) is 108 cm³/mol. The number of aryl methyl sites for hydroxylation is 1. The molecular formula is C21H32BrN. The minimum atomic E-state index is 0. The topological polar surface area (TPSA) is 12.9 Å². The molecule has 0 spiro atoms. The highest BCUT2D eigenvalue weighted by Gasteiger charge is 2.01. The molecule has 2 heteroatoms. The number of hydrogen-bond acceptors (Lipinski definition) is 1. The molecule has 0 radical (unpaired) electrons. The number of unbranched alkanes of at least 4 members (excludes halogenated alkanes) is 9. The average molecular weight is 378 g/mol. The zero-order valence-corrected chi connectivity index (χ0v) is 16.3. The lowest BCUT2D eigenvalue weighted by Crippen LogP contribution is -1.92. The van der Waals surface area contributed by atoms with Crippen LogP contribution in [0, 0.1) is 0 Å². The van der Waals surface area contributed by atoms with Gasteiger partial charge in [0.25, 0.3) is 0 Å². The summed E-state index contributed by atoms with van der Waals surface area (Å²) in [5, 5.41) is 2.65. The average Bonchev–Trinajstić information content (AvgIpc) is 2.56. The molecule has 0 amide bonds. The zero-order valence-electron chi connectivity index (χ0n) is 14.6. The van der Waals surface area contributed by atoms with Gasteiger partial charge < -0.3 is 0 Å². The van der Waals surface area contributed by atoms with Crippen LogP contribution in [0.15, 0.2) is 36.5 Å². The molecule has 0 aliphatic rings. The van der Waals surface area contributed by atoms with Gasteiger partial charge in [0.15, 0.2) is 0 Å². The van der Waals surface area contributed by atoms with Crippen molar-refractivity contribution >= 4 is 27.8 Å². The highest BCUT2D eigenvalue weighted by Crippen LogP contribution is 2.18. The fourth-order valence-corrected chi connectivity index (χ4v) is 3.16. The molecular weight excluding hydrogens is 346 g/mol. The molecule has 0 aliphatic heterocycles. The molecule has 0 atom stereocenters. The summed E-state index contributed by atoms with van der Waals surface area (Å²) in [5.74, 6) is 0. The van der Waals surface area contributed by atoms with Crippen molar-refractivity contribution in [2.24, 2.45) is 0 Å². The van der Waals surface area contributed by atoms with Crippen LogP contribution in [0.25, 0.3) is 10.8 Å². The number of aromatic nitrogens is 1. The molecule has 0 bridgehead atoms. The summed E-state index contributed by atoms with van der Waals surface area (Å²) in [6, 6.07) is 10.7. The van der Waals surface area contributed by atoms with Crippen LogP contribution in [-0.4, -0.2) is 4.98 Å². The molecule has 0 fully saturated rings. The van der Waals surface area contributed by atoms with E-state index in [0.717, 1.165) is 6.42 Å². The Balaban J connectivity index is 0.00000264. The molecule has 2 rings (SSSR count). The van der Waals surface area contributed by atoms with Crippen molar-refractivity contribution in [3.63, 3.8) is 0 Å². The highest BCUT2D eigenvalue weighted by molar-refractivity contribution is 8.93. The van der Waals surface area contributed by atoms with Gasteiger partial charge in [-0.15, -0.1) is 17.0 Å². The lowest BCUT2D eigenvalue weighted by Gasteiger charge is -2.05. The number of halogens is 1. The summed E-state index contributed by atoms with van der Waals surface area (Å²) in [5.41, 5.74) is 1.28. The Labute approximate surface area is 152 Å². The Morgan fingerprint density at radius 3 is 2.04 bits per heavy atom. The van der Waals surface area contributed by atoms with Crippen LogP contribution in [-0.2, 0) is 6.42 Å². The predicted octanol–water partition coefficient (Wildman–Crippen LogP) is 7.28. The van der Waals surface area contributed by atoms with Gasteiger partial charge in [0.2, 0.25) is 0 Å². The second kappa shape index (κ2) is 12.5. The molecule has 1 nitrogen and oxygen atoms in total. The van der Waals surface area contributed by atoms with Gasteiger partial charge >= 0.3 is 0 Å². The minimum absolute atomic E-state index is 0. The first-order valence-corrected chi connectivity index (χ1v) is 9.24. The fraction of sp³-hybridized carbons (Fsp3) is 0.571. The van der Waals surface area contributed by atoms with Gasteiger partial charge in [0.05, 0.1) is 0 Å². The summed E-state index contributed by atoms with van der Waals surface area (Å²) >= 11 is 0. The number of pyridine rings is 1. The van der Waals surface area contributed by atoms with Crippen molar-refractivity contribution in [2.45, 2.75) is 77.6 Å². The Hall–Kier alpha value is -0.890. The van der Waals surface area contributed by atoms with Crippen molar-refractivity contribution in [1.82, 2.24) is 4.98 Å². The van der Waals surface area contributed by atoms with E-state index in [1.165, 1.54) is 80.7 Å². The van der Waals surface area contributed by atoms with E-state index in [0.29, 0.717) is 0 Å². The molecule has 128 valence electrons. The summed E-state index contributed by atoms with van der Waals surface area (Å²) in [7, 11) is 0. The third-order valence-electron chi connectivity index (χ3n) is 4.52. The van der Waals surface area contributed by atoms with Crippen LogP contribution in [0.2, 0.25) is 0 Å². The van der Waals surface area contributed by atoms with Gasteiger partial charge in [-0.2, -0.15) is 0 Å². The lowest BCUT2D eigenvalue weighted by molar-refractivity contribution is 0.556. The van der Waals surface area contributed by atoms with E-state index in [-0.39, 0.29) is 17.0 Å². The van der Waals surface area contributed by atoms with E-state index in [9.17, 15) is 0 Å². The number of hydrogen-bond donors (Lipinski definition) is 0. The largest absolute Gasteiger partial charge is 0.261 e. The van der Waals surface area contributed by atoms with Crippen molar-refractivity contribution < 1.29 is 0 Å². The molecule has 0 unspecified atom stereocenters. The second-order valence-corrected chi connectivity index (χ2v) is 6.41. The standard InChI is InChI=1S/C21H31N.BrH/c1-2-3-4-5-6-7-8-9-10-11-16-21-20-15-13-12-14-19(20)17-18-22-21;/h12-15,17-18H,2-11,16H2,1H3;1H. The first kappa shape index (κ1) is 20.2. The van der Waals surface area contributed by atoms with Crippen LogP contribution in [0.1, 0.15) is 76.8 Å². The van der Waals surface area contributed by atoms with Crippen molar-refractivity contribution in [3.8, 4) is 0 Å². The van der Waals surface area contributed by atoms with E-state index >= 15 is 0 Å². The smallest absolute Gasteiger partial charge is 0.0481 e. The van der Waals surface area contributed by atoms with Crippen LogP contribution in [0.4, 0.5) is 0 Å². The Morgan fingerprint density at radius 2 is 1.35 bits per heavy atom. The number of rotatable bonds is 11. The normalized spacial score (nSPS) is 10.7. The zero-order chi connectivity index (χ0) is 15.5. The first-order chi connectivity index (χ1) is 10.9. The van der Waals surface area contributed by atoms with Gasteiger partial charge in [0, 0.05) is 17.3 Å². The SMILES string of the molecule is Br.CCCCCCCCCCCCc1nccc2ccccc12. The molecule has 23 heavy (non-hydrogen) atoms. The minimum Gasteiger partial charge on any atom is -0.261 e. The van der Waals surface area contributed by atoms with E-state index in [1.807, 2.05) is 6.20 Å². The number of fused-ring (bicyclic) bond motifs is 1.